The fourth-order valence-electron chi connectivity index (χ4n) is 3.08. The summed E-state index contributed by atoms with van der Waals surface area (Å²) in [6.07, 6.45) is 0. The highest BCUT2D eigenvalue weighted by Gasteiger charge is 2.24. The number of nitrogens with one attached hydrogen (secondary N) is 3. The van der Waals surface area contributed by atoms with E-state index in [1.54, 1.807) is 50.4 Å². The Kier molecular flexibility index (Phi) is 7.01. The van der Waals surface area contributed by atoms with Crippen molar-refractivity contribution in [2.75, 3.05) is 54.9 Å². The lowest BCUT2D eigenvalue weighted by atomic mass is 10.2. The minimum Gasteiger partial charge on any atom is -0.497 e. The maximum atomic E-state index is 13.3. The highest BCUT2D eigenvalue weighted by molar-refractivity contribution is 7.92. The summed E-state index contributed by atoms with van der Waals surface area (Å²) in [5.41, 5.74) is 1.35. The van der Waals surface area contributed by atoms with Gasteiger partial charge in [-0.2, -0.15) is 0 Å². The monoisotopic (exact) mass is 434 g/mol. The van der Waals surface area contributed by atoms with E-state index in [4.69, 9.17) is 9.47 Å². The number of carbonyl (C=O) groups is 1. The maximum absolute atomic E-state index is 13.3. The van der Waals surface area contributed by atoms with E-state index in [0.29, 0.717) is 55.7 Å². The number of sulfonamides is 1. The third kappa shape index (κ3) is 5.33. The number of anilines is 3. The molecule has 1 saturated heterocycles. The lowest BCUT2D eigenvalue weighted by molar-refractivity contribution is 0.122. The van der Waals surface area contributed by atoms with Crippen LogP contribution in [0.4, 0.5) is 21.9 Å². The fraction of sp³-hybridized carbons (Fsp3) is 0.350. The largest absolute Gasteiger partial charge is 0.497 e. The summed E-state index contributed by atoms with van der Waals surface area (Å²) < 4.78 is 39.6. The molecule has 0 bridgehead atoms. The summed E-state index contributed by atoms with van der Waals surface area (Å²) in [7, 11) is -2.39. The van der Waals surface area contributed by atoms with Gasteiger partial charge in [0.25, 0.3) is 10.0 Å². The first-order chi connectivity index (χ1) is 14.4. The highest BCUT2D eigenvalue weighted by Crippen LogP contribution is 2.31. The van der Waals surface area contributed by atoms with Gasteiger partial charge in [0, 0.05) is 31.0 Å². The van der Waals surface area contributed by atoms with E-state index < -0.39 is 16.1 Å². The SMILES string of the molecule is CCNC(=O)Nc1ccc(N2CCOCC2)c(S(=O)(=O)Nc2ccc(OC)cc2)c1. The summed E-state index contributed by atoms with van der Waals surface area (Å²) in [6, 6.07) is 11.1. The molecule has 0 spiro atoms. The molecule has 1 aliphatic heterocycles. The minimum atomic E-state index is -3.93. The molecule has 30 heavy (non-hydrogen) atoms. The van der Waals surface area contributed by atoms with Crippen LogP contribution in [0.3, 0.4) is 0 Å². The van der Waals surface area contributed by atoms with Crippen LogP contribution in [0.2, 0.25) is 0 Å². The number of ether oxygens (including phenoxy) is 2. The first-order valence-electron chi connectivity index (χ1n) is 9.61. The van der Waals surface area contributed by atoms with E-state index in [1.807, 2.05) is 4.90 Å². The Labute approximate surface area is 176 Å². The van der Waals surface area contributed by atoms with Gasteiger partial charge in [0.15, 0.2) is 0 Å². The Morgan fingerprint density at radius 1 is 1.10 bits per heavy atom. The second kappa shape index (κ2) is 9.68. The average Bonchev–Trinajstić information content (AvgIpc) is 2.75. The van der Waals surface area contributed by atoms with Gasteiger partial charge in [-0.15, -0.1) is 0 Å². The number of methoxy groups -OCH3 is 1. The van der Waals surface area contributed by atoms with E-state index >= 15 is 0 Å². The Bertz CT molecular complexity index is 973. The van der Waals surface area contributed by atoms with Crippen molar-refractivity contribution in [1.29, 1.82) is 0 Å². The lowest BCUT2D eigenvalue weighted by Gasteiger charge is -2.30. The van der Waals surface area contributed by atoms with Crippen LogP contribution in [0.5, 0.6) is 5.75 Å². The summed E-state index contributed by atoms with van der Waals surface area (Å²) in [5.74, 6) is 0.625. The van der Waals surface area contributed by atoms with Gasteiger partial charge in [0.05, 0.1) is 26.0 Å². The molecule has 0 aliphatic carbocycles. The first kappa shape index (κ1) is 21.7. The molecule has 9 nitrogen and oxygen atoms in total. The molecule has 2 amide bonds. The van der Waals surface area contributed by atoms with Crippen LogP contribution in [0.25, 0.3) is 0 Å². The molecule has 1 heterocycles. The van der Waals surface area contributed by atoms with Crippen molar-refractivity contribution in [2.45, 2.75) is 11.8 Å². The van der Waals surface area contributed by atoms with E-state index in [9.17, 15) is 13.2 Å². The zero-order valence-corrected chi connectivity index (χ0v) is 17.8. The number of benzene rings is 2. The van der Waals surface area contributed by atoms with Crippen molar-refractivity contribution in [3.05, 3.63) is 42.5 Å². The minimum absolute atomic E-state index is 0.0783. The zero-order valence-electron chi connectivity index (χ0n) is 17.0. The topological polar surface area (TPSA) is 109 Å². The van der Waals surface area contributed by atoms with Crippen molar-refractivity contribution in [3.8, 4) is 5.75 Å². The van der Waals surface area contributed by atoms with Gasteiger partial charge in [-0.3, -0.25) is 4.72 Å². The molecule has 3 rings (SSSR count). The number of morpholine rings is 1. The van der Waals surface area contributed by atoms with Crippen LogP contribution >= 0.6 is 0 Å². The number of rotatable bonds is 7. The van der Waals surface area contributed by atoms with E-state index in [-0.39, 0.29) is 4.90 Å². The molecular weight excluding hydrogens is 408 g/mol. The summed E-state index contributed by atoms with van der Waals surface area (Å²) in [4.78, 5) is 13.9. The van der Waals surface area contributed by atoms with Crippen LogP contribution in [0.15, 0.2) is 47.4 Å². The Morgan fingerprint density at radius 2 is 1.77 bits per heavy atom. The quantitative estimate of drug-likeness (QED) is 0.618. The Morgan fingerprint density at radius 3 is 2.40 bits per heavy atom. The number of hydrogen-bond acceptors (Lipinski definition) is 6. The fourth-order valence-corrected chi connectivity index (χ4v) is 4.39. The van der Waals surface area contributed by atoms with Crippen molar-refractivity contribution in [2.24, 2.45) is 0 Å². The van der Waals surface area contributed by atoms with Gasteiger partial charge in [-0.25, -0.2) is 13.2 Å². The predicted octanol–water partition coefficient (Wildman–Crippen LogP) is 2.47. The Hall–Kier alpha value is -2.98. The van der Waals surface area contributed by atoms with Crippen LogP contribution < -0.4 is 25.0 Å². The molecule has 2 aromatic rings. The lowest BCUT2D eigenvalue weighted by Crippen LogP contribution is -2.37. The number of hydrogen-bond donors (Lipinski definition) is 3. The van der Waals surface area contributed by atoms with Gasteiger partial charge in [-0.1, -0.05) is 0 Å². The van der Waals surface area contributed by atoms with Crippen LogP contribution in [0.1, 0.15) is 6.92 Å². The number of nitrogens with zero attached hydrogens (tertiary/aromatic N) is 1. The number of amides is 2. The molecule has 162 valence electrons. The number of urea groups is 1. The molecule has 10 heteroatoms. The van der Waals surface area contributed by atoms with Gasteiger partial charge in [-0.05, 0) is 49.4 Å². The zero-order chi connectivity index (χ0) is 21.6. The molecule has 1 fully saturated rings. The van der Waals surface area contributed by atoms with Crippen molar-refractivity contribution in [1.82, 2.24) is 5.32 Å². The van der Waals surface area contributed by atoms with Crippen molar-refractivity contribution in [3.63, 3.8) is 0 Å². The highest BCUT2D eigenvalue weighted by atomic mass is 32.2. The molecule has 3 N–H and O–H groups in total. The molecule has 0 radical (unpaired) electrons. The third-order valence-corrected chi connectivity index (χ3v) is 5.95. The standard InChI is InChI=1S/C20H26N4O5S/c1-3-21-20(25)22-16-6-9-18(24-10-12-29-13-11-24)19(14-16)30(26,27)23-15-4-7-17(28-2)8-5-15/h4-9,14,23H,3,10-13H2,1-2H3,(H2,21,22,25). The summed E-state index contributed by atoms with van der Waals surface area (Å²) >= 11 is 0. The molecule has 0 saturated carbocycles. The maximum Gasteiger partial charge on any atom is 0.319 e. The Balaban J connectivity index is 1.95. The average molecular weight is 435 g/mol. The van der Waals surface area contributed by atoms with Gasteiger partial charge < -0.3 is 25.0 Å². The molecule has 0 atom stereocenters. The van der Waals surface area contributed by atoms with Gasteiger partial charge in [0.2, 0.25) is 0 Å². The number of carbonyl (C=O) groups excluding carboxylic acids is 1. The summed E-state index contributed by atoms with van der Waals surface area (Å²) in [5, 5.41) is 5.29. The van der Waals surface area contributed by atoms with E-state index in [0.717, 1.165) is 0 Å². The predicted molar refractivity (Wildman–Crippen MR) is 116 cm³/mol. The van der Waals surface area contributed by atoms with E-state index in [2.05, 4.69) is 15.4 Å². The molecule has 1 aliphatic rings. The van der Waals surface area contributed by atoms with Crippen LogP contribution in [-0.2, 0) is 14.8 Å². The van der Waals surface area contributed by atoms with Crippen molar-refractivity contribution < 1.29 is 22.7 Å². The van der Waals surface area contributed by atoms with Crippen LogP contribution in [-0.4, -0.2) is 54.4 Å². The molecule has 0 unspecified atom stereocenters. The van der Waals surface area contributed by atoms with E-state index in [1.165, 1.54) is 6.07 Å². The van der Waals surface area contributed by atoms with Gasteiger partial charge >= 0.3 is 6.03 Å². The second-order valence-electron chi connectivity index (χ2n) is 6.60. The van der Waals surface area contributed by atoms with Crippen molar-refractivity contribution >= 4 is 33.1 Å². The summed E-state index contributed by atoms with van der Waals surface area (Å²) in [6.45, 7) is 4.45. The normalized spacial score (nSPS) is 14.1. The van der Waals surface area contributed by atoms with Crippen LogP contribution in [0, 0.1) is 0 Å². The smallest absolute Gasteiger partial charge is 0.319 e. The molecular formula is C20H26N4O5S. The van der Waals surface area contributed by atoms with Gasteiger partial charge in [0.1, 0.15) is 10.6 Å². The first-order valence-corrected chi connectivity index (χ1v) is 11.1. The third-order valence-electron chi connectivity index (χ3n) is 4.54. The second-order valence-corrected chi connectivity index (χ2v) is 8.25. The molecule has 0 aromatic heterocycles. The molecule has 2 aromatic carbocycles.